The Morgan fingerprint density at radius 2 is 1.59 bits per heavy atom. The van der Waals surface area contributed by atoms with Crippen molar-refractivity contribution in [3.8, 4) is 22.6 Å². The lowest BCUT2D eigenvalue weighted by molar-refractivity contribution is 0.163. The summed E-state index contributed by atoms with van der Waals surface area (Å²) in [6.07, 6.45) is 0.0682. The Morgan fingerprint density at radius 1 is 0.865 bits per heavy atom. The standard InChI is InChI=1S/C30H26FNO4S/c31-22-12-9-19(10-13-22)26(34)15-16-28-29(32(30(36)37-28)23-6-2-1-3-7-23)25-14-11-21(18-27(25)35)20-5-4-8-24(33)17-20/h1-14,17-18,26,28-29,33-35H,15-16H2. The van der Waals surface area contributed by atoms with Crippen molar-refractivity contribution in [3.63, 3.8) is 0 Å². The van der Waals surface area contributed by atoms with E-state index in [1.54, 1.807) is 41.3 Å². The van der Waals surface area contributed by atoms with Gasteiger partial charge in [-0.25, -0.2) is 4.39 Å². The van der Waals surface area contributed by atoms with Crippen LogP contribution in [0.3, 0.4) is 0 Å². The first kappa shape index (κ1) is 24.9. The molecule has 4 aromatic rings. The zero-order valence-electron chi connectivity index (χ0n) is 19.9. The van der Waals surface area contributed by atoms with Gasteiger partial charge in [-0.2, -0.15) is 0 Å². The Labute approximate surface area is 218 Å². The highest BCUT2D eigenvalue weighted by Crippen LogP contribution is 2.49. The molecule has 3 atom stereocenters. The molecule has 3 unspecified atom stereocenters. The van der Waals surface area contributed by atoms with Crippen molar-refractivity contribution in [3.05, 3.63) is 114 Å². The fraction of sp³-hybridized carbons (Fsp3) is 0.167. The summed E-state index contributed by atoms with van der Waals surface area (Å²) in [5.74, 6) is -0.184. The maximum absolute atomic E-state index is 13.3. The van der Waals surface area contributed by atoms with Gasteiger partial charge >= 0.3 is 0 Å². The lowest BCUT2D eigenvalue weighted by Crippen LogP contribution is -2.29. The van der Waals surface area contributed by atoms with Crippen molar-refractivity contribution in [2.45, 2.75) is 30.2 Å². The number of aromatic hydroxyl groups is 2. The molecule has 37 heavy (non-hydrogen) atoms. The highest BCUT2D eigenvalue weighted by atomic mass is 32.2. The van der Waals surface area contributed by atoms with Gasteiger partial charge in [-0.1, -0.05) is 66.4 Å². The van der Waals surface area contributed by atoms with E-state index in [2.05, 4.69) is 0 Å². The van der Waals surface area contributed by atoms with Crippen LogP contribution >= 0.6 is 11.8 Å². The molecular weight excluding hydrogens is 489 g/mol. The van der Waals surface area contributed by atoms with Gasteiger partial charge in [0.2, 0.25) is 0 Å². The fourth-order valence-corrected chi connectivity index (χ4v) is 6.02. The van der Waals surface area contributed by atoms with E-state index in [-0.39, 0.29) is 27.8 Å². The summed E-state index contributed by atoms with van der Waals surface area (Å²) in [5, 5.41) is 31.3. The summed E-state index contributed by atoms with van der Waals surface area (Å²) in [6, 6.07) is 26.7. The van der Waals surface area contributed by atoms with Crippen molar-refractivity contribution < 1.29 is 24.5 Å². The second-order valence-corrected chi connectivity index (χ2v) is 10.2. The molecule has 1 amide bonds. The molecule has 0 bridgehead atoms. The zero-order chi connectivity index (χ0) is 25.9. The van der Waals surface area contributed by atoms with E-state index in [1.807, 2.05) is 48.5 Å². The van der Waals surface area contributed by atoms with Crippen LogP contribution in [0.1, 0.15) is 36.1 Å². The number of amides is 1. The number of phenols is 2. The molecule has 1 aliphatic heterocycles. The van der Waals surface area contributed by atoms with Crippen LogP contribution in [0.25, 0.3) is 11.1 Å². The summed E-state index contributed by atoms with van der Waals surface area (Å²) >= 11 is 1.19. The Morgan fingerprint density at radius 3 is 2.30 bits per heavy atom. The second-order valence-electron chi connectivity index (χ2n) is 9.04. The third-order valence-corrected chi connectivity index (χ3v) is 7.82. The largest absolute Gasteiger partial charge is 0.508 e. The van der Waals surface area contributed by atoms with Crippen LogP contribution in [-0.4, -0.2) is 25.8 Å². The normalized spacial score (nSPS) is 18.2. The van der Waals surface area contributed by atoms with Crippen molar-refractivity contribution in [1.82, 2.24) is 0 Å². The van der Waals surface area contributed by atoms with Crippen LogP contribution in [0, 0.1) is 5.82 Å². The number of anilines is 1. The summed E-state index contributed by atoms with van der Waals surface area (Å²) in [7, 11) is 0. The third-order valence-electron chi connectivity index (χ3n) is 6.62. The van der Waals surface area contributed by atoms with E-state index in [1.165, 1.54) is 23.9 Å². The molecule has 5 rings (SSSR count). The van der Waals surface area contributed by atoms with Gasteiger partial charge in [0.05, 0.1) is 12.1 Å². The number of hydrogen-bond donors (Lipinski definition) is 3. The Bertz CT molecular complexity index is 1400. The number of aliphatic hydroxyl groups is 1. The van der Waals surface area contributed by atoms with Crippen LogP contribution < -0.4 is 4.90 Å². The van der Waals surface area contributed by atoms with E-state index in [4.69, 9.17) is 0 Å². The number of carbonyl (C=O) groups is 1. The maximum atomic E-state index is 13.3. The van der Waals surface area contributed by atoms with Gasteiger partial charge in [0.15, 0.2) is 0 Å². The molecule has 3 N–H and O–H groups in total. The topological polar surface area (TPSA) is 81.0 Å². The van der Waals surface area contributed by atoms with Gasteiger partial charge in [0, 0.05) is 16.5 Å². The molecule has 7 heteroatoms. The minimum absolute atomic E-state index is 0.0474. The fourth-order valence-electron chi connectivity index (χ4n) is 4.77. The first-order valence-electron chi connectivity index (χ1n) is 12.0. The quantitative estimate of drug-likeness (QED) is 0.242. The first-order chi connectivity index (χ1) is 17.9. The number of para-hydroxylation sites is 1. The highest BCUT2D eigenvalue weighted by Gasteiger charge is 2.43. The third kappa shape index (κ3) is 5.33. The SMILES string of the molecule is O=C1SC(CCC(O)c2ccc(F)cc2)C(c2ccc(-c3cccc(O)c3)cc2O)N1c1ccccc1. The Hall–Kier alpha value is -3.81. The number of rotatable bonds is 7. The average molecular weight is 516 g/mol. The van der Waals surface area contributed by atoms with E-state index in [9.17, 15) is 24.5 Å². The lowest BCUT2D eigenvalue weighted by atomic mass is 9.93. The summed E-state index contributed by atoms with van der Waals surface area (Å²) < 4.78 is 13.3. The minimum Gasteiger partial charge on any atom is -0.508 e. The van der Waals surface area contributed by atoms with Gasteiger partial charge in [-0.3, -0.25) is 9.69 Å². The predicted molar refractivity (Wildman–Crippen MR) is 144 cm³/mol. The monoisotopic (exact) mass is 515 g/mol. The molecule has 1 fully saturated rings. The molecule has 0 saturated carbocycles. The van der Waals surface area contributed by atoms with Gasteiger partial charge in [0.1, 0.15) is 17.3 Å². The number of aliphatic hydroxyl groups excluding tert-OH is 1. The van der Waals surface area contributed by atoms with E-state index < -0.39 is 12.1 Å². The van der Waals surface area contributed by atoms with Gasteiger partial charge in [-0.15, -0.1) is 0 Å². The van der Waals surface area contributed by atoms with Gasteiger partial charge < -0.3 is 15.3 Å². The number of benzene rings is 4. The number of hydrogen-bond acceptors (Lipinski definition) is 5. The first-order valence-corrected chi connectivity index (χ1v) is 12.9. The molecule has 4 aromatic carbocycles. The molecule has 5 nitrogen and oxygen atoms in total. The van der Waals surface area contributed by atoms with E-state index in [0.29, 0.717) is 24.0 Å². The highest BCUT2D eigenvalue weighted by molar-refractivity contribution is 8.14. The number of thioether (sulfide) groups is 1. The predicted octanol–water partition coefficient (Wildman–Crippen LogP) is 7.20. The molecule has 188 valence electrons. The Balaban J connectivity index is 1.46. The van der Waals surface area contributed by atoms with Crippen LogP contribution in [0.15, 0.2) is 97.1 Å². The van der Waals surface area contributed by atoms with Gasteiger partial charge in [0.25, 0.3) is 5.24 Å². The van der Waals surface area contributed by atoms with Crippen LogP contribution in [0.4, 0.5) is 14.9 Å². The van der Waals surface area contributed by atoms with Crippen LogP contribution in [0.2, 0.25) is 0 Å². The van der Waals surface area contributed by atoms with E-state index >= 15 is 0 Å². The molecule has 0 spiro atoms. The van der Waals surface area contributed by atoms with Crippen LogP contribution in [0.5, 0.6) is 11.5 Å². The number of carbonyl (C=O) groups excluding carboxylic acids is 1. The minimum atomic E-state index is -0.801. The number of halogens is 1. The Kier molecular flexibility index (Phi) is 7.17. The van der Waals surface area contributed by atoms with Crippen molar-refractivity contribution in [2.24, 2.45) is 0 Å². The summed E-state index contributed by atoms with van der Waals surface area (Å²) in [4.78, 5) is 14.9. The average Bonchev–Trinajstić information content (AvgIpc) is 3.23. The zero-order valence-corrected chi connectivity index (χ0v) is 20.7. The molecular formula is C30H26FNO4S. The molecule has 1 aliphatic rings. The smallest absolute Gasteiger partial charge is 0.287 e. The lowest BCUT2D eigenvalue weighted by Gasteiger charge is -2.29. The van der Waals surface area contributed by atoms with Crippen molar-refractivity contribution in [1.29, 1.82) is 0 Å². The summed E-state index contributed by atoms with van der Waals surface area (Å²) in [5.41, 5.74) is 3.45. The molecule has 1 heterocycles. The van der Waals surface area contributed by atoms with Gasteiger partial charge in [-0.05, 0) is 72.0 Å². The van der Waals surface area contributed by atoms with E-state index in [0.717, 1.165) is 16.8 Å². The van der Waals surface area contributed by atoms with Crippen LogP contribution in [-0.2, 0) is 0 Å². The molecule has 0 aromatic heterocycles. The number of phenolic OH excluding ortho intramolecular Hbond substituents is 2. The molecule has 0 radical (unpaired) electrons. The molecule has 0 aliphatic carbocycles. The number of nitrogens with zero attached hydrogens (tertiary/aromatic N) is 1. The van der Waals surface area contributed by atoms with Crippen molar-refractivity contribution >= 4 is 22.7 Å². The maximum Gasteiger partial charge on any atom is 0.287 e. The molecule has 1 saturated heterocycles. The second kappa shape index (κ2) is 10.7. The van der Waals surface area contributed by atoms with Crippen molar-refractivity contribution in [2.75, 3.05) is 4.90 Å². The summed E-state index contributed by atoms with van der Waals surface area (Å²) in [6.45, 7) is 0.